The molecular weight excluding hydrogens is 294 g/mol. The van der Waals surface area contributed by atoms with Crippen LogP contribution in [0.1, 0.15) is 22.8 Å². The molecule has 0 radical (unpaired) electrons. The van der Waals surface area contributed by atoms with Crippen LogP contribution >= 0.6 is 11.6 Å². The number of nitro benzene ring substituents is 1. The second-order valence-corrected chi connectivity index (χ2v) is 4.94. The van der Waals surface area contributed by atoms with Crippen LogP contribution in [0.3, 0.4) is 0 Å². The Labute approximate surface area is 126 Å². The van der Waals surface area contributed by atoms with Gasteiger partial charge in [0.1, 0.15) is 5.75 Å². The lowest BCUT2D eigenvalue weighted by Crippen LogP contribution is -1.98. The van der Waals surface area contributed by atoms with E-state index in [1.807, 2.05) is 0 Å². The van der Waals surface area contributed by atoms with Crippen LogP contribution in [0.15, 0.2) is 36.4 Å². The van der Waals surface area contributed by atoms with Crippen LogP contribution in [0.4, 0.5) is 5.69 Å². The van der Waals surface area contributed by atoms with E-state index in [4.69, 9.17) is 16.3 Å². The fraction of sp³-hybridized carbons (Fsp3) is 0.133. The predicted octanol–water partition coefficient (Wildman–Crippen LogP) is 4.55. The molecule has 2 rings (SSSR count). The first-order chi connectivity index (χ1) is 9.88. The molecule has 5 nitrogen and oxygen atoms in total. The number of nitro groups is 1. The fourth-order valence-corrected chi connectivity index (χ4v) is 2.04. The van der Waals surface area contributed by atoms with Gasteiger partial charge in [0.15, 0.2) is 5.78 Å². The normalized spacial score (nSPS) is 10.2. The van der Waals surface area contributed by atoms with Gasteiger partial charge in [0.05, 0.1) is 4.92 Å². The summed E-state index contributed by atoms with van der Waals surface area (Å²) in [5, 5.41) is 11.7. The number of hydrogen-bond donors (Lipinski definition) is 0. The summed E-state index contributed by atoms with van der Waals surface area (Å²) in [5.74, 6) is 0.306. The summed E-state index contributed by atoms with van der Waals surface area (Å²) in [6, 6.07) is 9.11. The second-order valence-electron chi connectivity index (χ2n) is 4.51. The Kier molecular flexibility index (Phi) is 4.23. The molecular formula is C15H12ClNO4. The third kappa shape index (κ3) is 3.38. The number of nitrogens with zero attached hydrogens (tertiary/aromatic N) is 1. The number of benzene rings is 2. The van der Waals surface area contributed by atoms with E-state index < -0.39 is 4.92 Å². The summed E-state index contributed by atoms with van der Waals surface area (Å²) in [5.41, 5.74) is 0.770. The number of ether oxygens (including phenoxy) is 1. The maximum Gasteiger partial charge on any atom is 0.312 e. The van der Waals surface area contributed by atoms with Crippen molar-refractivity contribution in [2.45, 2.75) is 13.8 Å². The molecule has 0 saturated heterocycles. The summed E-state index contributed by atoms with van der Waals surface area (Å²) in [7, 11) is 0. The van der Waals surface area contributed by atoms with E-state index >= 15 is 0 Å². The number of rotatable bonds is 4. The first kappa shape index (κ1) is 15.0. The van der Waals surface area contributed by atoms with Crippen LogP contribution in [0.2, 0.25) is 5.02 Å². The maximum atomic E-state index is 11.3. The molecule has 0 unspecified atom stereocenters. The minimum atomic E-state index is -0.576. The lowest BCUT2D eigenvalue weighted by Gasteiger charge is -2.09. The predicted molar refractivity (Wildman–Crippen MR) is 79.4 cm³/mol. The molecule has 0 atom stereocenters. The quantitative estimate of drug-likeness (QED) is 0.472. The van der Waals surface area contributed by atoms with Crippen molar-refractivity contribution in [1.29, 1.82) is 0 Å². The van der Waals surface area contributed by atoms with Crippen LogP contribution in [-0.2, 0) is 0 Å². The fourth-order valence-electron chi connectivity index (χ4n) is 1.81. The average Bonchev–Trinajstić information content (AvgIpc) is 2.41. The van der Waals surface area contributed by atoms with Gasteiger partial charge in [-0.15, -0.1) is 0 Å². The van der Waals surface area contributed by atoms with Crippen LogP contribution in [0.5, 0.6) is 11.5 Å². The van der Waals surface area contributed by atoms with Crippen LogP contribution < -0.4 is 4.74 Å². The largest absolute Gasteiger partial charge is 0.450 e. The third-order valence-electron chi connectivity index (χ3n) is 2.92. The van der Waals surface area contributed by atoms with Gasteiger partial charge in [0.2, 0.25) is 5.75 Å². The van der Waals surface area contributed by atoms with E-state index in [2.05, 4.69) is 0 Å². The average molecular weight is 306 g/mol. The number of hydrogen-bond acceptors (Lipinski definition) is 4. The van der Waals surface area contributed by atoms with Crippen molar-refractivity contribution >= 4 is 23.1 Å². The number of Topliss-reactive ketones (excluding diaryl/α,β-unsaturated/α-hetero) is 1. The van der Waals surface area contributed by atoms with Crippen molar-refractivity contribution in [3.8, 4) is 11.5 Å². The number of halogens is 1. The Morgan fingerprint density at radius 2 is 1.86 bits per heavy atom. The number of ketones is 1. The topological polar surface area (TPSA) is 69.4 Å². The monoisotopic (exact) mass is 305 g/mol. The third-order valence-corrected chi connectivity index (χ3v) is 3.15. The number of aryl methyl sites for hydroxylation is 1. The molecule has 0 aliphatic rings. The van der Waals surface area contributed by atoms with Gasteiger partial charge in [-0.25, -0.2) is 0 Å². The lowest BCUT2D eigenvalue weighted by molar-refractivity contribution is -0.385. The summed E-state index contributed by atoms with van der Waals surface area (Å²) in [6.07, 6.45) is 0. The van der Waals surface area contributed by atoms with E-state index in [0.717, 1.165) is 5.56 Å². The molecule has 0 spiro atoms. The summed E-state index contributed by atoms with van der Waals surface area (Å²) in [6.45, 7) is 3.14. The Morgan fingerprint density at radius 3 is 2.43 bits per heavy atom. The first-order valence-electron chi connectivity index (χ1n) is 6.12. The number of carbonyl (C=O) groups is 1. The molecule has 0 saturated carbocycles. The minimum Gasteiger partial charge on any atom is -0.450 e. The standard InChI is InChI=1S/C15H12ClNO4/c1-9-7-12(16)4-6-14(9)21-15-5-3-11(10(2)18)8-13(15)17(19)20/h3-8H,1-2H3. The Morgan fingerprint density at radius 1 is 1.19 bits per heavy atom. The highest BCUT2D eigenvalue weighted by atomic mass is 35.5. The molecule has 0 aromatic heterocycles. The van der Waals surface area contributed by atoms with E-state index in [0.29, 0.717) is 10.8 Å². The molecule has 108 valence electrons. The van der Waals surface area contributed by atoms with Crippen molar-refractivity contribution in [2.75, 3.05) is 0 Å². The van der Waals surface area contributed by atoms with Gasteiger partial charge in [0.25, 0.3) is 0 Å². The van der Waals surface area contributed by atoms with Crippen molar-refractivity contribution in [3.63, 3.8) is 0 Å². The zero-order chi connectivity index (χ0) is 15.6. The van der Waals surface area contributed by atoms with Gasteiger partial charge in [-0.3, -0.25) is 14.9 Å². The second kappa shape index (κ2) is 5.93. The van der Waals surface area contributed by atoms with E-state index in [1.165, 1.54) is 25.1 Å². The summed E-state index contributed by atoms with van der Waals surface area (Å²) < 4.78 is 5.58. The van der Waals surface area contributed by atoms with Crippen LogP contribution in [0, 0.1) is 17.0 Å². The van der Waals surface area contributed by atoms with Gasteiger partial charge >= 0.3 is 5.69 Å². The Hall–Kier alpha value is -2.40. The SMILES string of the molecule is CC(=O)c1ccc(Oc2ccc(Cl)cc2C)c([N+](=O)[O-])c1. The highest BCUT2D eigenvalue weighted by Gasteiger charge is 2.18. The molecule has 0 N–H and O–H groups in total. The lowest BCUT2D eigenvalue weighted by atomic mass is 10.1. The van der Waals surface area contributed by atoms with Crippen molar-refractivity contribution in [2.24, 2.45) is 0 Å². The molecule has 6 heteroatoms. The molecule has 2 aromatic rings. The van der Waals surface area contributed by atoms with E-state index in [9.17, 15) is 14.9 Å². The molecule has 0 heterocycles. The van der Waals surface area contributed by atoms with Crippen molar-refractivity contribution in [1.82, 2.24) is 0 Å². The summed E-state index contributed by atoms with van der Waals surface area (Å²) >= 11 is 5.86. The van der Waals surface area contributed by atoms with Gasteiger partial charge < -0.3 is 4.74 Å². The zero-order valence-electron chi connectivity index (χ0n) is 11.4. The van der Waals surface area contributed by atoms with Gasteiger partial charge in [-0.1, -0.05) is 11.6 Å². The number of carbonyl (C=O) groups excluding carboxylic acids is 1. The molecule has 21 heavy (non-hydrogen) atoms. The maximum absolute atomic E-state index is 11.3. The van der Waals surface area contributed by atoms with Crippen molar-refractivity contribution < 1.29 is 14.5 Å². The summed E-state index contributed by atoms with van der Waals surface area (Å²) in [4.78, 5) is 21.8. The van der Waals surface area contributed by atoms with Crippen LogP contribution in [-0.4, -0.2) is 10.7 Å². The molecule has 0 fully saturated rings. The molecule has 0 aliphatic carbocycles. The zero-order valence-corrected chi connectivity index (χ0v) is 12.2. The van der Waals surface area contributed by atoms with Gasteiger partial charge in [0, 0.05) is 16.7 Å². The van der Waals surface area contributed by atoms with Crippen LogP contribution in [0.25, 0.3) is 0 Å². The first-order valence-corrected chi connectivity index (χ1v) is 6.49. The van der Waals surface area contributed by atoms with Gasteiger partial charge in [-0.2, -0.15) is 0 Å². The van der Waals surface area contributed by atoms with E-state index in [-0.39, 0.29) is 22.8 Å². The molecule has 2 aromatic carbocycles. The molecule has 0 bridgehead atoms. The Bertz CT molecular complexity index is 728. The molecule has 0 aliphatic heterocycles. The highest BCUT2D eigenvalue weighted by molar-refractivity contribution is 6.30. The molecule has 0 amide bonds. The highest BCUT2D eigenvalue weighted by Crippen LogP contribution is 2.34. The van der Waals surface area contributed by atoms with Gasteiger partial charge in [-0.05, 0) is 49.7 Å². The minimum absolute atomic E-state index is 0.0791. The van der Waals surface area contributed by atoms with E-state index in [1.54, 1.807) is 25.1 Å². The smallest absolute Gasteiger partial charge is 0.312 e. The van der Waals surface area contributed by atoms with Crippen molar-refractivity contribution in [3.05, 3.63) is 62.7 Å². The Balaban J connectivity index is 2.44.